The summed E-state index contributed by atoms with van der Waals surface area (Å²) in [7, 11) is 0. The summed E-state index contributed by atoms with van der Waals surface area (Å²) in [6, 6.07) is 3.50. The number of rotatable bonds is 4. The summed E-state index contributed by atoms with van der Waals surface area (Å²) in [6.07, 6.45) is 4.38. The highest BCUT2D eigenvalue weighted by molar-refractivity contribution is 5.23. The Bertz CT molecular complexity index is 440. The molecule has 1 aromatic carbocycles. The Morgan fingerprint density at radius 2 is 1.70 bits per heavy atom. The average Bonchev–Trinajstić information content (AvgIpc) is 2.42. The predicted molar refractivity (Wildman–Crippen MR) is 76.7 cm³/mol. The zero-order chi connectivity index (χ0) is 14.7. The average molecular weight is 282 g/mol. The van der Waals surface area contributed by atoms with Gasteiger partial charge in [0.1, 0.15) is 11.6 Å². The van der Waals surface area contributed by atoms with E-state index >= 15 is 0 Å². The summed E-state index contributed by atoms with van der Waals surface area (Å²) in [4.78, 5) is 0. The van der Waals surface area contributed by atoms with E-state index in [0.29, 0.717) is 17.4 Å². The van der Waals surface area contributed by atoms with Crippen LogP contribution in [0.5, 0.6) is 0 Å². The van der Waals surface area contributed by atoms with Crippen molar-refractivity contribution in [2.45, 2.75) is 45.6 Å². The molecule has 0 saturated heterocycles. The van der Waals surface area contributed by atoms with E-state index in [1.807, 2.05) is 0 Å². The van der Waals surface area contributed by atoms with E-state index in [-0.39, 0.29) is 6.04 Å². The quantitative estimate of drug-likeness (QED) is 0.648. The Labute approximate surface area is 119 Å². The van der Waals surface area contributed by atoms with Crippen molar-refractivity contribution in [2.75, 3.05) is 0 Å². The van der Waals surface area contributed by atoms with E-state index in [0.717, 1.165) is 37.7 Å². The van der Waals surface area contributed by atoms with Crippen LogP contribution in [-0.4, -0.2) is 0 Å². The van der Waals surface area contributed by atoms with Crippen LogP contribution in [0.25, 0.3) is 0 Å². The van der Waals surface area contributed by atoms with Crippen molar-refractivity contribution >= 4 is 0 Å². The van der Waals surface area contributed by atoms with Gasteiger partial charge in [-0.05, 0) is 49.5 Å². The third-order valence-electron chi connectivity index (χ3n) is 4.71. The molecule has 0 radical (unpaired) electrons. The smallest absolute Gasteiger partial charge is 0.130 e. The Morgan fingerprint density at radius 1 is 1.10 bits per heavy atom. The summed E-state index contributed by atoms with van der Waals surface area (Å²) in [5, 5.41) is 0. The first-order chi connectivity index (χ1) is 9.52. The molecule has 0 aromatic heterocycles. The molecule has 2 rings (SSSR count). The second-order valence-corrected chi connectivity index (χ2v) is 6.23. The topological polar surface area (TPSA) is 38.0 Å². The molecule has 0 spiro atoms. The maximum Gasteiger partial charge on any atom is 0.130 e. The summed E-state index contributed by atoms with van der Waals surface area (Å²) < 4.78 is 26.9. The molecule has 1 aliphatic rings. The van der Waals surface area contributed by atoms with E-state index in [2.05, 4.69) is 19.3 Å². The molecule has 2 nitrogen and oxygen atoms in total. The van der Waals surface area contributed by atoms with E-state index in [1.165, 1.54) is 12.1 Å². The zero-order valence-electron chi connectivity index (χ0n) is 12.2. The number of nitrogens with one attached hydrogen (secondary N) is 1. The first-order valence-corrected chi connectivity index (χ1v) is 7.44. The summed E-state index contributed by atoms with van der Waals surface area (Å²) >= 11 is 0. The third-order valence-corrected chi connectivity index (χ3v) is 4.71. The molecule has 1 unspecified atom stereocenters. The second-order valence-electron chi connectivity index (χ2n) is 6.23. The maximum atomic E-state index is 13.9. The SMILES string of the molecule is CC(C)C1CCC(C(NN)c2ccc(F)cc2F)CC1. The molecule has 0 heterocycles. The molecule has 4 heteroatoms. The van der Waals surface area contributed by atoms with Gasteiger partial charge in [0.25, 0.3) is 0 Å². The minimum Gasteiger partial charge on any atom is -0.271 e. The molecular formula is C16H24F2N2. The largest absolute Gasteiger partial charge is 0.271 e. The van der Waals surface area contributed by atoms with Crippen LogP contribution >= 0.6 is 0 Å². The van der Waals surface area contributed by atoms with Crippen LogP contribution in [0, 0.1) is 29.4 Å². The number of hydrogen-bond donors (Lipinski definition) is 2. The molecule has 112 valence electrons. The van der Waals surface area contributed by atoms with Crippen molar-refractivity contribution in [2.24, 2.45) is 23.6 Å². The van der Waals surface area contributed by atoms with E-state index < -0.39 is 11.6 Å². The van der Waals surface area contributed by atoms with Crippen molar-refractivity contribution in [3.63, 3.8) is 0 Å². The molecule has 0 aliphatic heterocycles. The highest BCUT2D eigenvalue weighted by Gasteiger charge is 2.30. The van der Waals surface area contributed by atoms with Gasteiger partial charge in [0.2, 0.25) is 0 Å². The fourth-order valence-corrected chi connectivity index (χ4v) is 3.38. The van der Waals surface area contributed by atoms with Gasteiger partial charge in [-0.25, -0.2) is 8.78 Å². The Hall–Kier alpha value is -1.00. The van der Waals surface area contributed by atoms with Gasteiger partial charge >= 0.3 is 0 Å². The van der Waals surface area contributed by atoms with Crippen molar-refractivity contribution in [3.8, 4) is 0 Å². The Morgan fingerprint density at radius 3 is 2.20 bits per heavy atom. The van der Waals surface area contributed by atoms with Crippen molar-refractivity contribution in [3.05, 3.63) is 35.4 Å². The molecule has 1 aromatic rings. The van der Waals surface area contributed by atoms with Gasteiger partial charge in [-0.3, -0.25) is 11.3 Å². The number of hydrazine groups is 1. The lowest BCUT2D eigenvalue weighted by Gasteiger charge is -2.35. The van der Waals surface area contributed by atoms with Crippen LogP contribution in [0.4, 0.5) is 8.78 Å². The lowest BCUT2D eigenvalue weighted by atomic mass is 9.73. The third kappa shape index (κ3) is 3.36. The van der Waals surface area contributed by atoms with Crippen LogP contribution in [0.15, 0.2) is 18.2 Å². The summed E-state index contributed by atoms with van der Waals surface area (Å²) in [5.74, 6) is 6.33. The van der Waals surface area contributed by atoms with Gasteiger partial charge in [0, 0.05) is 11.6 Å². The van der Waals surface area contributed by atoms with Gasteiger partial charge in [-0.1, -0.05) is 19.9 Å². The fraction of sp³-hybridized carbons (Fsp3) is 0.625. The predicted octanol–water partition coefficient (Wildman–Crippen LogP) is 3.93. The molecule has 1 saturated carbocycles. The number of halogens is 2. The van der Waals surface area contributed by atoms with Gasteiger partial charge < -0.3 is 0 Å². The lowest BCUT2D eigenvalue weighted by Crippen LogP contribution is -2.36. The van der Waals surface area contributed by atoms with Crippen LogP contribution in [0.2, 0.25) is 0 Å². The zero-order valence-corrected chi connectivity index (χ0v) is 12.2. The minimum absolute atomic E-state index is 0.233. The van der Waals surface area contributed by atoms with Crippen LogP contribution < -0.4 is 11.3 Å². The number of hydrogen-bond acceptors (Lipinski definition) is 2. The maximum absolute atomic E-state index is 13.9. The monoisotopic (exact) mass is 282 g/mol. The molecule has 20 heavy (non-hydrogen) atoms. The van der Waals surface area contributed by atoms with Crippen LogP contribution in [-0.2, 0) is 0 Å². The highest BCUT2D eigenvalue weighted by Crippen LogP contribution is 2.39. The second kappa shape index (κ2) is 6.64. The first-order valence-electron chi connectivity index (χ1n) is 7.44. The van der Waals surface area contributed by atoms with Gasteiger partial charge in [-0.2, -0.15) is 0 Å². The minimum atomic E-state index is -0.550. The molecule has 0 bridgehead atoms. The molecule has 1 atom stereocenters. The summed E-state index contributed by atoms with van der Waals surface area (Å²) in [6.45, 7) is 4.51. The van der Waals surface area contributed by atoms with Crippen LogP contribution in [0.3, 0.4) is 0 Å². The van der Waals surface area contributed by atoms with E-state index in [1.54, 1.807) is 0 Å². The van der Waals surface area contributed by atoms with E-state index in [4.69, 9.17) is 5.84 Å². The normalized spacial score (nSPS) is 24.9. The number of nitrogens with two attached hydrogens (primary N) is 1. The van der Waals surface area contributed by atoms with Crippen molar-refractivity contribution < 1.29 is 8.78 Å². The van der Waals surface area contributed by atoms with Crippen molar-refractivity contribution in [1.82, 2.24) is 5.43 Å². The van der Waals surface area contributed by atoms with Crippen LogP contribution in [0.1, 0.15) is 51.1 Å². The van der Waals surface area contributed by atoms with Gasteiger partial charge in [-0.15, -0.1) is 0 Å². The molecule has 3 N–H and O–H groups in total. The van der Waals surface area contributed by atoms with Gasteiger partial charge in [0.05, 0.1) is 6.04 Å². The fourth-order valence-electron chi connectivity index (χ4n) is 3.38. The molecular weight excluding hydrogens is 258 g/mol. The lowest BCUT2D eigenvalue weighted by molar-refractivity contribution is 0.187. The molecule has 1 fully saturated rings. The Kier molecular flexibility index (Phi) is 5.11. The summed E-state index contributed by atoms with van der Waals surface area (Å²) in [5.41, 5.74) is 3.20. The standard InChI is InChI=1S/C16H24F2N2/c1-10(2)11-3-5-12(6-4-11)16(20-19)14-8-7-13(17)9-15(14)18/h7-12,16,20H,3-6,19H2,1-2H3. The number of benzene rings is 1. The first kappa shape index (κ1) is 15.4. The highest BCUT2D eigenvalue weighted by atomic mass is 19.1. The molecule has 0 amide bonds. The molecule has 1 aliphatic carbocycles. The van der Waals surface area contributed by atoms with Crippen molar-refractivity contribution in [1.29, 1.82) is 0 Å². The van der Waals surface area contributed by atoms with E-state index in [9.17, 15) is 8.78 Å². The van der Waals surface area contributed by atoms with Gasteiger partial charge in [0.15, 0.2) is 0 Å². The Balaban J connectivity index is 2.09.